The van der Waals surface area contributed by atoms with E-state index in [1.165, 1.54) is 16.3 Å². The number of benzene rings is 3. The van der Waals surface area contributed by atoms with E-state index in [1.54, 1.807) is 7.11 Å². The van der Waals surface area contributed by atoms with Gasteiger partial charge in [0.25, 0.3) is 0 Å². The molecule has 3 aromatic carbocycles. The summed E-state index contributed by atoms with van der Waals surface area (Å²) in [5.74, 6) is 0.846. The number of piperazine rings is 1. The van der Waals surface area contributed by atoms with Gasteiger partial charge in [-0.3, -0.25) is 4.90 Å². The van der Waals surface area contributed by atoms with Gasteiger partial charge in [0.1, 0.15) is 5.75 Å². The first kappa shape index (κ1) is 18.7. The summed E-state index contributed by atoms with van der Waals surface area (Å²) in [4.78, 5) is 4.76. The normalized spacial score (nSPS) is 14.8. The number of anilines is 1. The smallest absolute Gasteiger partial charge is 0.173 e. The van der Waals surface area contributed by atoms with E-state index in [9.17, 15) is 0 Å². The molecule has 1 heterocycles. The Hall–Kier alpha value is -2.63. The Balaban J connectivity index is 1.33. The van der Waals surface area contributed by atoms with E-state index in [2.05, 4.69) is 57.6 Å². The second-order valence-corrected chi connectivity index (χ2v) is 7.45. The van der Waals surface area contributed by atoms with E-state index < -0.39 is 0 Å². The Morgan fingerprint density at radius 2 is 1.64 bits per heavy atom. The van der Waals surface area contributed by atoms with Crippen LogP contribution in [-0.4, -0.2) is 48.2 Å². The lowest BCUT2D eigenvalue weighted by molar-refractivity contribution is 0.177. The Morgan fingerprint density at radius 3 is 2.39 bits per heavy atom. The van der Waals surface area contributed by atoms with Crippen molar-refractivity contribution in [1.82, 2.24) is 9.80 Å². The predicted molar refractivity (Wildman–Crippen MR) is 120 cm³/mol. The van der Waals surface area contributed by atoms with Crippen molar-refractivity contribution >= 4 is 33.8 Å². The van der Waals surface area contributed by atoms with Crippen molar-refractivity contribution in [2.24, 2.45) is 0 Å². The number of nitrogens with one attached hydrogen (secondary N) is 1. The van der Waals surface area contributed by atoms with Gasteiger partial charge in [-0.05, 0) is 52.8 Å². The quantitative estimate of drug-likeness (QED) is 0.667. The van der Waals surface area contributed by atoms with Gasteiger partial charge < -0.3 is 15.0 Å². The zero-order chi connectivity index (χ0) is 19.3. The Kier molecular flexibility index (Phi) is 5.74. The molecule has 0 unspecified atom stereocenters. The largest absolute Gasteiger partial charge is 0.497 e. The lowest BCUT2D eigenvalue weighted by Crippen LogP contribution is -2.49. The van der Waals surface area contributed by atoms with Crippen LogP contribution < -0.4 is 10.1 Å². The summed E-state index contributed by atoms with van der Waals surface area (Å²) in [5, 5.41) is 6.78. The molecule has 144 valence electrons. The van der Waals surface area contributed by atoms with Gasteiger partial charge in [-0.25, -0.2) is 0 Å². The summed E-state index contributed by atoms with van der Waals surface area (Å²) < 4.78 is 5.20. The first-order valence-electron chi connectivity index (χ1n) is 9.62. The molecule has 0 aliphatic carbocycles. The second kappa shape index (κ2) is 8.59. The van der Waals surface area contributed by atoms with E-state index >= 15 is 0 Å². The number of rotatable bonds is 4. The lowest BCUT2D eigenvalue weighted by Gasteiger charge is -2.36. The number of hydrogen-bond acceptors (Lipinski definition) is 3. The minimum Gasteiger partial charge on any atom is -0.497 e. The molecule has 1 fully saturated rings. The van der Waals surface area contributed by atoms with E-state index in [1.807, 2.05) is 24.3 Å². The Morgan fingerprint density at radius 1 is 0.929 bits per heavy atom. The highest BCUT2D eigenvalue weighted by atomic mass is 32.1. The molecule has 0 saturated carbocycles. The molecule has 4 nitrogen and oxygen atoms in total. The number of methoxy groups -OCH3 is 1. The van der Waals surface area contributed by atoms with Gasteiger partial charge in [-0.2, -0.15) is 0 Å². The van der Waals surface area contributed by atoms with Crippen LogP contribution in [0.3, 0.4) is 0 Å². The topological polar surface area (TPSA) is 27.7 Å². The lowest BCUT2D eigenvalue weighted by atomic mass is 10.0. The molecule has 1 aliphatic heterocycles. The van der Waals surface area contributed by atoms with Gasteiger partial charge >= 0.3 is 0 Å². The molecule has 5 heteroatoms. The van der Waals surface area contributed by atoms with Gasteiger partial charge in [0, 0.05) is 38.4 Å². The molecule has 0 radical (unpaired) electrons. The zero-order valence-corrected chi connectivity index (χ0v) is 16.9. The van der Waals surface area contributed by atoms with Crippen molar-refractivity contribution in [1.29, 1.82) is 0 Å². The number of hydrogen-bond donors (Lipinski definition) is 1. The fraction of sp³-hybridized carbons (Fsp3) is 0.261. The molecular weight excluding hydrogens is 366 g/mol. The van der Waals surface area contributed by atoms with E-state index in [-0.39, 0.29) is 0 Å². The van der Waals surface area contributed by atoms with Crippen molar-refractivity contribution < 1.29 is 4.74 Å². The molecule has 0 spiro atoms. The van der Waals surface area contributed by atoms with Gasteiger partial charge in [0.2, 0.25) is 0 Å². The SMILES string of the molecule is COc1ccc(NC(=S)N2CCN(Cc3cccc4ccccc34)CC2)cc1. The van der Waals surface area contributed by atoms with Crippen molar-refractivity contribution in [3.8, 4) is 5.75 Å². The van der Waals surface area contributed by atoms with Gasteiger partial charge in [-0.1, -0.05) is 42.5 Å². The third kappa shape index (κ3) is 4.26. The van der Waals surface area contributed by atoms with Gasteiger partial charge in [0.05, 0.1) is 7.11 Å². The predicted octanol–water partition coefficient (Wildman–Crippen LogP) is 4.36. The van der Waals surface area contributed by atoms with E-state index in [0.717, 1.165) is 49.3 Å². The summed E-state index contributed by atoms with van der Waals surface area (Å²) in [7, 11) is 1.67. The first-order chi connectivity index (χ1) is 13.7. The summed E-state index contributed by atoms with van der Waals surface area (Å²) >= 11 is 5.61. The molecule has 28 heavy (non-hydrogen) atoms. The van der Waals surface area contributed by atoms with Crippen LogP contribution in [-0.2, 0) is 6.54 Å². The molecule has 0 aromatic heterocycles. The zero-order valence-electron chi connectivity index (χ0n) is 16.1. The minimum absolute atomic E-state index is 0.787. The summed E-state index contributed by atoms with van der Waals surface area (Å²) in [6.07, 6.45) is 0. The average molecular weight is 392 g/mol. The minimum atomic E-state index is 0.787. The fourth-order valence-electron chi connectivity index (χ4n) is 3.66. The van der Waals surface area contributed by atoms with Crippen LogP contribution in [0.5, 0.6) is 5.75 Å². The molecular formula is C23H25N3OS. The molecule has 0 bridgehead atoms. The maximum absolute atomic E-state index is 5.61. The Bertz CT molecular complexity index is 944. The molecule has 0 amide bonds. The average Bonchev–Trinajstić information content (AvgIpc) is 2.75. The number of ether oxygens (including phenoxy) is 1. The van der Waals surface area contributed by atoms with Crippen LogP contribution in [0, 0.1) is 0 Å². The number of fused-ring (bicyclic) bond motifs is 1. The van der Waals surface area contributed by atoms with Crippen molar-refractivity contribution in [2.75, 3.05) is 38.6 Å². The van der Waals surface area contributed by atoms with Crippen molar-refractivity contribution in [3.63, 3.8) is 0 Å². The molecule has 4 rings (SSSR count). The monoisotopic (exact) mass is 391 g/mol. The standard InChI is InChI=1S/C23H25N3OS/c1-27-21-11-9-20(10-12-21)24-23(28)26-15-13-25(14-16-26)17-19-7-4-6-18-5-2-3-8-22(18)19/h2-12H,13-17H2,1H3,(H,24,28). The maximum atomic E-state index is 5.61. The molecule has 1 N–H and O–H groups in total. The van der Waals surface area contributed by atoms with Crippen molar-refractivity contribution in [2.45, 2.75) is 6.54 Å². The van der Waals surface area contributed by atoms with Crippen LogP contribution >= 0.6 is 12.2 Å². The summed E-state index contributed by atoms with van der Waals surface area (Å²) in [6, 6.07) is 23.0. The highest BCUT2D eigenvalue weighted by Crippen LogP contribution is 2.21. The number of nitrogens with zero attached hydrogens (tertiary/aromatic N) is 2. The second-order valence-electron chi connectivity index (χ2n) is 7.06. The third-order valence-corrected chi connectivity index (χ3v) is 5.63. The van der Waals surface area contributed by atoms with Crippen molar-refractivity contribution in [3.05, 3.63) is 72.3 Å². The van der Waals surface area contributed by atoms with Crippen LogP contribution in [0.4, 0.5) is 5.69 Å². The van der Waals surface area contributed by atoms with Crippen LogP contribution in [0.15, 0.2) is 66.7 Å². The van der Waals surface area contributed by atoms with Gasteiger partial charge in [0.15, 0.2) is 5.11 Å². The van der Waals surface area contributed by atoms with Crippen LogP contribution in [0.25, 0.3) is 10.8 Å². The van der Waals surface area contributed by atoms with Gasteiger partial charge in [-0.15, -0.1) is 0 Å². The van der Waals surface area contributed by atoms with E-state index in [0.29, 0.717) is 0 Å². The van der Waals surface area contributed by atoms with Crippen LogP contribution in [0.2, 0.25) is 0 Å². The number of thiocarbonyl (C=S) groups is 1. The molecule has 1 saturated heterocycles. The fourth-order valence-corrected chi connectivity index (χ4v) is 3.96. The first-order valence-corrected chi connectivity index (χ1v) is 10.0. The Labute approximate surface area is 171 Å². The van der Waals surface area contributed by atoms with E-state index in [4.69, 9.17) is 17.0 Å². The molecule has 3 aromatic rings. The maximum Gasteiger partial charge on any atom is 0.173 e. The molecule has 1 aliphatic rings. The van der Waals surface area contributed by atoms with Crippen LogP contribution in [0.1, 0.15) is 5.56 Å². The highest BCUT2D eigenvalue weighted by molar-refractivity contribution is 7.80. The highest BCUT2D eigenvalue weighted by Gasteiger charge is 2.19. The summed E-state index contributed by atoms with van der Waals surface area (Å²) in [6.45, 7) is 4.87. The molecule has 0 atom stereocenters. The third-order valence-electron chi connectivity index (χ3n) is 5.27. The summed E-state index contributed by atoms with van der Waals surface area (Å²) in [5.41, 5.74) is 2.38.